The van der Waals surface area contributed by atoms with Crippen molar-refractivity contribution in [3.8, 4) is 0 Å². The molecule has 0 aliphatic rings. The van der Waals surface area contributed by atoms with Gasteiger partial charge in [0.05, 0.1) is 0 Å². The first-order valence-electron chi connectivity index (χ1n) is 5.53. The molecule has 4 nitrogen and oxygen atoms in total. The van der Waals surface area contributed by atoms with Gasteiger partial charge in [0, 0.05) is 17.5 Å². The monoisotopic (exact) mass is 232 g/mol. The van der Waals surface area contributed by atoms with E-state index in [0.717, 1.165) is 5.39 Å². The second-order valence-corrected chi connectivity index (χ2v) is 4.69. The third kappa shape index (κ3) is 2.47. The van der Waals surface area contributed by atoms with Crippen molar-refractivity contribution >= 4 is 16.9 Å². The van der Waals surface area contributed by atoms with E-state index in [0.29, 0.717) is 17.9 Å². The molecule has 0 spiro atoms. The molecule has 0 aliphatic heterocycles. The van der Waals surface area contributed by atoms with E-state index in [1.54, 1.807) is 6.07 Å². The fourth-order valence-electron chi connectivity index (χ4n) is 1.51. The molecule has 0 aliphatic carbocycles. The minimum Gasteiger partial charge on any atom is -0.451 e. The van der Waals surface area contributed by atoms with E-state index in [9.17, 15) is 4.79 Å². The highest BCUT2D eigenvalue weighted by Gasteiger charge is 2.21. The van der Waals surface area contributed by atoms with Crippen LogP contribution in [0.5, 0.6) is 0 Å². The van der Waals surface area contributed by atoms with E-state index >= 15 is 0 Å². The highest BCUT2D eigenvalue weighted by molar-refractivity contribution is 5.96. The third-order valence-electron chi connectivity index (χ3n) is 2.61. The van der Waals surface area contributed by atoms with Gasteiger partial charge in [-0.15, -0.1) is 0 Å². The number of nitrogens with one attached hydrogen (secondary N) is 1. The van der Waals surface area contributed by atoms with Gasteiger partial charge in [0.25, 0.3) is 5.91 Å². The van der Waals surface area contributed by atoms with Crippen molar-refractivity contribution in [3.05, 3.63) is 36.1 Å². The molecule has 1 amide bonds. The van der Waals surface area contributed by atoms with Gasteiger partial charge in [-0.3, -0.25) is 4.79 Å². The largest absolute Gasteiger partial charge is 0.451 e. The summed E-state index contributed by atoms with van der Waals surface area (Å²) in [4.78, 5) is 11.9. The molecule has 2 rings (SSSR count). The van der Waals surface area contributed by atoms with Crippen LogP contribution < -0.4 is 11.1 Å². The van der Waals surface area contributed by atoms with E-state index < -0.39 is 5.54 Å². The van der Waals surface area contributed by atoms with Crippen LogP contribution in [0.15, 0.2) is 34.7 Å². The molecule has 2 aromatic rings. The lowest BCUT2D eigenvalue weighted by Gasteiger charge is -2.23. The zero-order valence-electron chi connectivity index (χ0n) is 9.99. The number of carbonyl (C=O) groups is 1. The van der Waals surface area contributed by atoms with Crippen molar-refractivity contribution < 1.29 is 9.21 Å². The lowest BCUT2D eigenvalue weighted by Crippen LogP contribution is -2.48. The number of hydrogen-bond acceptors (Lipinski definition) is 3. The highest BCUT2D eigenvalue weighted by atomic mass is 16.3. The van der Waals surface area contributed by atoms with Gasteiger partial charge in [-0.25, -0.2) is 0 Å². The quantitative estimate of drug-likeness (QED) is 0.849. The minimum absolute atomic E-state index is 0.239. The number of hydrogen-bond donors (Lipinski definition) is 2. The van der Waals surface area contributed by atoms with Gasteiger partial charge < -0.3 is 15.5 Å². The second-order valence-electron chi connectivity index (χ2n) is 4.69. The Hall–Kier alpha value is -1.81. The molecular weight excluding hydrogens is 216 g/mol. The summed E-state index contributed by atoms with van der Waals surface area (Å²) in [6.45, 7) is 4.11. The maximum atomic E-state index is 11.9. The zero-order valence-corrected chi connectivity index (χ0v) is 9.99. The predicted octanol–water partition coefficient (Wildman–Crippen LogP) is 1.90. The first-order valence-corrected chi connectivity index (χ1v) is 5.53. The normalized spacial score (nSPS) is 11.7. The molecule has 1 heterocycles. The standard InChI is InChI=1S/C13H16N2O2/c1-13(2,8-14)15-12(16)11-7-9-5-3-4-6-10(9)17-11/h3-7H,8,14H2,1-2H3,(H,15,16). The van der Waals surface area contributed by atoms with E-state index in [4.69, 9.17) is 10.2 Å². The highest BCUT2D eigenvalue weighted by Crippen LogP contribution is 2.19. The number of rotatable bonds is 3. The van der Waals surface area contributed by atoms with Crippen LogP contribution in [0.3, 0.4) is 0 Å². The average Bonchev–Trinajstić information content (AvgIpc) is 2.72. The van der Waals surface area contributed by atoms with Gasteiger partial charge in [0.15, 0.2) is 5.76 Å². The van der Waals surface area contributed by atoms with E-state index in [1.807, 2.05) is 38.1 Å². The SMILES string of the molecule is CC(C)(CN)NC(=O)c1cc2ccccc2o1. The summed E-state index contributed by atoms with van der Waals surface area (Å²) >= 11 is 0. The Labute approximate surface area is 99.8 Å². The average molecular weight is 232 g/mol. The third-order valence-corrected chi connectivity index (χ3v) is 2.61. The maximum absolute atomic E-state index is 11.9. The van der Waals surface area contributed by atoms with Gasteiger partial charge in [-0.2, -0.15) is 0 Å². The molecule has 4 heteroatoms. The summed E-state index contributed by atoms with van der Waals surface area (Å²) in [6.07, 6.45) is 0. The number of benzene rings is 1. The fourth-order valence-corrected chi connectivity index (χ4v) is 1.51. The predicted molar refractivity (Wildman–Crippen MR) is 66.8 cm³/mol. The van der Waals surface area contributed by atoms with Crippen LogP contribution in [0.4, 0.5) is 0 Å². The van der Waals surface area contributed by atoms with Crippen LogP contribution in [0.2, 0.25) is 0 Å². The number of carbonyl (C=O) groups excluding carboxylic acids is 1. The lowest BCUT2D eigenvalue weighted by molar-refractivity contribution is 0.0889. The Morgan fingerprint density at radius 3 is 2.76 bits per heavy atom. The molecule has 0 saturated heterocycles. The van der Waals surface area contributed by atoms with Crippen molar-refractivity contribution in [2.24, 2.45) is 5.73 Å². The van der Waals surface area contributed by atoms with Crippen LogP contribution in [0, 0.1) is 0 Å². The summed E-state index contributed by atoms with van der Waals surface area (Å²) in [7, 11) is 0. The van der Waals surface area contributed by atoms with Gasteiger partial charge in [-0.1, -0.05) is 18.2 Å². The fraction of sp³-hybridized carbons (Fsp3) is 0.308. The number of fused-ring (bicyclic) bond motifs is 1. The van der Waals surface area contributed by atoms with Crippen molar-refractivity contribution in [2.75, 3.05) is 6.54 Å². The van der Waals surface area contributed by atoms with Gasteiger partial charge in [0.2, 0.25) is 0 Å². The van der Waals surface area contributed by atoms with Crippen molar-refractivity contribution in [2.45, 2.75) is 19.4 Å². The first kappa shape index (κ1) is 11.7. The Kier molecular flexibility index (Phi) is 2.90. The summed E-state index contributed by atoms with van der Waals surface area (Å²) in [5, 5.41) is 3.75. The summed E-state index contributed by atoms with van der Waals surface area (Å²) in [6, 6.07) is 9.25. The molecule has 0 atom stereocenters. The van der Waals surface area contributed by atoms with Gasteiger partial charge >= 0.3 is 0 Å². The van der Waals surface area contributed by atoms with Gasteiger partial charge in [0.1, 0.15) is 5.58 Å². The van der Waals surface area contributed by atoms with E-state index in [-0.39, 0.29) is 5.91 Å². The Morgan fingerprint density at radius 2 is 2.12 bits per heavy atom. The zero-order chi connectivity index (χ0) is 12.5. The Bertz CT molecular complexity index is 510. The van der Waals surface area contributed by atoms with Crippen LogP contribution in [0.1, 0.15) is 24.4 Å². The van der Waals surface area contributed by atoms with E-state index in [1.165, 1.54) is 0 Å². The molecule has 0 radical (unpaired) electrons. The second kappa shape index (κ2) is 4.22. The molecule has 0 bridgehead atoms. The smallest absolute Gasteiger partial charge is 0.287 e. The number of para-hydroxylation sites is 1. The minimum atomic E-state index is -0.434. The van der Waals surface area contributed by atoms with Crippen LogP contribution in [-0.2, 0) is 0 Å². The van der Waals surface area contributed by atoms with Crippen LogP contribution >= 0.6 is 0 Å². The molecule has 0 unspecified atom stereocenters. The van der Waals surface area contributed by atoms with Crippen molar-refractivity contribution in [1.29, 1.82) is 0 Å². The molecule has 0 saturated carbocycles. The molecule has 17 heavy (non-hydrogen) atoms. The molecule has 90 valence electrons. The molecular formula is C13H16N2O2. The van der Waals surface area contributed by atoms with Gasteiger partial charge in [-0.05, 0) is 26.0 Å². The van der Waals surface area contributed by atoms with Crippen molar-refractivity contribution in [3.63, 3.8) is 0 Å². The molecule has 1 aromatic carbocycles. The Balaban J connectivity index is 2.25. The van der Waals surface area contributed by atoms with Crippen LogP contribution in [0.25, 0.3) is 11.0 Å². The molecule has 1 aromatic heterocycles. The Morgan fingerprint density at radius 1 is 1.41 bits per heavy atom. The molecule has 3 N–H and O–H groups in total. The summed E-state index contributed by atoms with van der Waals surface area (Å²) in [5.41, 5.74) is 5.84. The lowest BCUT2D eigenvalue weighted by atomic mass is 10.1. The topological polar surface area (TPSA) is 68.3 Å². The number of amides is 1. The summed E-state index contributed by atoms with van der Waals surface area (Å²) < 4.78 is 5.47. The number of nitrogens with two attached hydrogens (primary N) is 1. The number of furan rings is 1. The maximum Gasteiger partial charge on any atom is 0.287 e. The van der Waals surface area contributed by atoms with E-state index in [2.05, 4.69) is 5.32 Å². The van der Waals surface area contributed by atoms with Crippen molar-refractivity contribution in [1.82, 2.24) is 5.32 Å². The molecule has 0 fully saturated rings. The first-order chi connectivity index (χ1) is 8.02. The van der Waals surface area contributed by atoms with Crippen LogP contribution in [-0.4, -0.2) is 18.0 Å². The summed E-state index contributed by atoms with van der Waals surface area (Å²) in [5.74, 6) is 0.0735.